The van der Waals surface area contributed by atoms with Gasteiger partial charge >= 0.3 is 5.97 Å². The predicted octanol–water partition coefficient (Wildman–Crippen LogP) is 3.65. The van der Waals surface area contributed by atoms with Crippen LogP contribution in [0, 0.1) is 0 Å². The van der Waals surface area contributed by atoms with Gasteiger partial charge in [-0.05, 0) is 20.3 Å². The Kier molecular flexibility index (Phi) is 4.38. The molecule has 0 aliphatic carbocycles. The Morgan fingerprint density at radius 2 is 1.81 bits per heavy atom. The molecule has 0 saturated carbocycles. The number of benzene rings is 2. The fourth-order valence-corrected chi connectivity index (χ4v) is 2.70. The van der Waals surface area contributed by atoms with Gasteiger partial charge < -0.3 is 29.5 Å². The maximum Gasteiger partial charge on any atom is 0.351 e. The van der Waals surface area contributed by atoms with E-state index in [1.807, 2.05) is 19.9 Å². The molecule has 26 heavy (non-hydrogen) atoms. The molecule has 0 atom stereocenters. The van der Waals surface area contributed by atoms with Crippen molar-refractivity contribution in [1.82, 2.24) is 0 Å². The molecule has 2 aromatic carbocycles. The van der Waals surface area contributed by atoms with Gasteiger partial charge in [-0.3, -0.25) is 0 Å². The minimum atomic E-state index is -0.845. The summed E-state index contributed by atoms with van der Waals surface area (Å²) >= 11 is 0. The normalized spacial score (nSPS) is 12.2. The second-order valence-corrected chi connectivity index (χ2v) is 6.05. The Labute approximate surface area is 149 Å². The number of allylic oxidation sites excluding steroid dienone is 2. The fourth-order valence-electron chi connectivity index (χ4n) is 2.70. The van der Waals surface area contributed by atoms with E-state index in [0.29, 0.717) is 12.0 Å². The lowest BCUT2D eigenvalue weighted by atomic mass is 10.1. The van der Waals surface area contributed by atoms with Crippen molar-refractivity contribution >= 4 is 5.97 Å². The zero-order chi connectivity index (χ0) is 19.0. The number of esters is 1. The van der Waals surface area contributed by atoms with Gasteiger partial charge in [-0.1, -0.05) is 11.6 Å². The van der Waals surface area contributed by atoms with Crippen molar-refractivity contribution in [3.8, 4) is 40.2 Å². The van der Waals surface area contributed by atoms with E-state index in [-0.39, 0.29) is 40.1 Å². The number of carbonyl (C=O) groups is 1. The molecule has 3 rings (SSSR count). The largest absolute Gasteiger partial charge is 0.508 e. The summed E-state index contributed by atoms with van der Waals surface area (Å²) in [5, 5.41) is 29.9. The van der Waals surface area contributed by atoms with Crippen LogP contribution in [-0.2, 0) is 6.42 Å². The molecule has 7 heteroatoms. The summed E-state index contributed by atoms with van der Waals surface area (Å²) in [7, 11) is 1.39. The average Bonchev–Trinajstić information content (AvgIpc) is 2.67. The molecule has 136 valence electrons. The summed E-state index contributed by atoms with van der Waals surface area (Å²) in [4.78, 5) is 12.5. The first-order valence-corrected chi connectivity index (χ1v) is 7.84. The molecule has 7 nitrogen and oxygen atoms in total. The zero-order valence-electron chi connectivity index (χ0n) is 14.5. The smallest absolute Gasteiger partial charge is 0.351 e. The first-order chi connectivity index (χ1) is 12.3. The van der Waals surface area contributed by atoms with Gasteiger partial charge in [-0.2, -0.15) is 0 Å². The highest BCUT2D eigenvalue weighted by atomic mass is 16.6. The number of ether oxygens (including phenoxy) is 3. The van der Waals surface area contributed by atoms with E-state index in [9.17, 15) is 20.1 Å². The Bertz CT molecular complexity index is 924. The lowest BCUT2D eigenvalue weighted by Gasteiger charge is -2.16. The van der Waals surface area contributed by atoms with Crippen molar-refractivity contribution in [3.63, 3.8) is 0 Å². The highest BCUT2D eigenvalue weighted by Gasteiger charge is 2.31. The van der Waals surface area contributed by atoms with Crippen LogP contribution in [0.2, 0.25) is 0 Å². The third-order valence-electron chi connectivity index (χ3n) is 3.88. The van der Waals surface area contributed by atoms with Crippen molar-refractivity contribution in [1.29, 1.82) is 0 Å². The number of carbonyl (C=O) groups excluding carboxylic acids is 1. The van der Waals surface area contributed by atoms with Crippen molar-refractivity contribution in [2.75, 3.05) is 7.11 Å². The van der Waals surface area contributed by atoms with Gasteiger partial charge in [-0.15, -0.1) is 0 Å². The van der Waals surface area contributed by atoms with Gasteiger partial charge in [0.05, 0.1) is 7.11 Å². The van der Waals surface area contributed by atoms with E-state index in [2.05, 4.69) is 0 Å². The summed E-state index contributed by atoms with van der Waals surface area (Å²) in [5.74, 6) is -1.55. The third-order valence-corrected chi connectivity index (χ3v) is 3.88. The minimum Gasteiger partial charge on any atom is -0.508 e. The van der Waals surface area contributed by atoms with Gasteiger partial charge in [0.15, 0.2) is 23.0 Å². The molecule has 1 aliphatic heterocycles. The average molecular weight is 358 g/mol. The van der Waals surface area contributed by atoms with Crippen LogP contribution in [-0.4, -0.2) is 28.4 Å². The number of rotatable bonds is 3. The van der Waals surface area contributed by atoms with Gasteiger partial charge in [0.2, 0.25) is 0 Å². The van der Waals surface area contributed by atoms with E-state index >= 15 is 0 Å². The number of hydrogen-bond donors (Lipinski definition) is 3. The maximum absolute atomic E-state index is 12.5. The van der Waals surface area contributed by atoms with Crippen LogP contribution in [0.25, 0.3) is 0 Å². The predicted molar refractivity (Wildman–Crippen MR) is 92.6 cm³/mol. The second kappa shape index (κ2) is 6.51. The lowest BCUT2D eigenvalue weighted by molar-refractivity contribution is 0.0732. The Hall–Kier alpha value is -3.35. The Morgan fingerprint density at radius 1 is 1.08 bits per heavy atom. The first-order valence-electron chi connectivity index (χ1n) is 7.84. The van der Waals surface area contributed by atoms with E-state index < -0.39 is 11.7 Å². The number of fused-ring (bicyclic) bond motifs is 2. The molecule has 0 aromatic heterocycles. The van der Waals surface area contributed by atoms with Gasteiger partial charge in [0.25, 0.3) is 0 Å². The molecule has 0 amide bonds. The summed E-state index contributed by atoms with van der Waals surface area (Å²) < 4.78 is 16.4. The molecule has 0 saturated heterocycles. The van der Waals surface area contributed by atoms with Crippen LogP contribution >= 0.6 is 0 Å². The van der Waals surface area contributed by atoms with E-state index in [1.54, 1.807) is 0 Å². The number of phenolic OH excluding ortho intramolecular Hbond substituents is 3. The van der Waals surface area contributed by atoms with E-state index in [0.717, 1.165) is 11.6 Å². The van der Waals surface area contributed by atoms with Gasteiger partial charge in [0.1, 0.15) is 22.8 Å². The van der Waals surface area contributed by atoms with E-state index in [4.69, 9.17) is 14.2 Å². The van der Waals surface area contributed by atoms with Crippen LogP contribution in [0.3, 0.4) is 0 Å². The second-order valence-electron chi connectivity index (χ2n) is 6.05. The molecule has 1 aliphatic rings. The molecule has 1 heterocycles. The van der Waals surface area contributed by atoms with Crippen LogP contribution in [0.1, 0.15) is 29.8 Å². The third kappa shape index (κ3) is 2.99. The van der Waals surface area contributed by atoms with Crippen molar-refractivity contribution < 1.29 is 34.3 Å². The number of hydrogen-bond acceptors (Lipinski definition) is 7. The maximum atomic E-state index is 12.5. The lowest BCUT2D eigenvalue weighted by Crippen LogP contribution is -2.09. The Balaban J connectivity index is 2.23. The molecule has 0 spiro atoms. The molecule has 0 radical (unpaired) electrons. The van der Waals surface area contributed by atoms with Crippen molar-refractivity contribution in [2.24, 2.45) is 0 Å². The molecular formula is C19H18O7. The SMILES string of the molecule is COc1c(O)cc2c(c1CC=C(C)C)OC(=O)c1c(O)cc(O)cc1O2. The molecular weight excluding hydrogens is 340 g/mol. The van der Waals surface area contributed by atoms with Crippen molar-refractivity contribution in [3.05, 3.63) is 41.0 Å². The number of phenols is 3. The summed E-state index contributed by atoms with van der Waals surface area (Å²) in [6.45, 7) is 3.82. The first kappa shape index (κ1) is 17.5. The standard InChI is InChI=1S/C19H18O7/c1-9(2)4-5-11-17(24-3)13(22)8-15-18(11)26-19(23)16-12(21)6-10(20)7-14(16)25-15/h4,6-8,20-22H,5H2,1-3H3. The topological polar surface area (TPSA) is 105 Å². The monoisotopic (exact) mass is 358 g/mol. The molecule has 0 unspecified atom stereocenters. The summed E-state index contributed by atoms with van der Waals surface area (Å²) in [5.41, 5.74) is 1.23. The zero-order valence-corrected chi connectivity index (χ0v) is 14.5. The number of methoxy groups -OCH3 is 1. The quantitative estimate of drug-likeness (QED) is 0.437. The summed E-state index contributed by atoms with van der Waals surface area (Å²) in [6.07, 6.45) is 2.21. The van der Waals surface area contributed by atoms with Crippen LogP contribution in [0.15, 0.2) is 29.8 Å². The minimum absolute atomic E-state index is 0.0672. The summed E-state index contributed by atoms with van der Waals surface area (Å²) in [6, 6.07) is 3.45. The number of aromatic hydroxyl groups is 3. The molecule has 3 N–H and O–H groups in total. The van der Waals surface area contributed by atoms with Crippen molar-refractivity contribution in [2.45, 2.75) is 20.3 Å². The van der Waals surface area contributed by atoms with E-state index in [1.165, 1.54) is 19.2 Å². The fraction of sp³-hybridized carbons (Fsp3) is 0.211. The molecule has 0 fully saturated rings. The molecule has 0 bridgehead atoms. The van der Waals surface area contributed by atoms with Gasteiger partial charge in [0, 0.05) is 23.8 Å². The van der Waals surface area contributed by atoms with Crippen LogP contribution < -0.4 is 14.2 Å². The highest BCUT2D eigenvalue weighted by Crippen LogP contribution is 2.49. The van der Waals surface area contributed by atoms with Crippen LogP contribution in [0.5, 0.6) is 40.2 Å². The van der Waals surface area contributed by atoms with Gasteiger partial charge in [-0.25, -0.2) is 4.79 Å². The van der Waals surface area contributed by atoms with Crippen LogP contribution in [0.4, 0.5) is 0 Å². The highest BCUT2D eigenvalue weighted by molar-refractivity contribution is 5.98. The molecule has 2 aromatic rings. The Morgan fingerprint density at radius 3 is 2.46 bits per heavy atom.